The van der Waals surface area contributed by atoms with Crippen LogP contribution in [0.5, 0.6) is 0 Å². The molecule has 2 atom stereocenters. The van der Waals surface area contributed by atoms with E-state index in [-0.39, 0.29) is 17.8 Å². The molecule has 3 N–H and O–H groups in total. The molecule has 4 heterocycles. The molecular formula is C26H29N7O2S2. The number of pyridine rings is 1. The smallest absolute Gasteiger partial charge is 0.266 e. The average Bonchev–Trinajstić information content (AvgIpc) is 3.65. The zero-order chi connectivity index (χ0) is 26.0. The van der Waals surface area contributed by atoms with Crippen LogP contribution in [0.15, 0.2) is 52.3 Å². The van der Waals surface area contributed by atoms with Gasteiger partial charge in [-0.15, -0.1) is 21.5 Å². The maximum Gasteiger partial charge on any atom is 0.266 e. The number of benzene rings is 1. The summed E-state index contributed by atoms with van der Waals surface area (Å²) in [7, 11) is 0. The molecule has 0 spiro atoms. The number of carbonyl (C=O) groups excluding carboxylic acids is 1. The fraction of sp³-hybridized carbons (Fsp3) is 0.346. The summed E-state index contributed by atoms with van der Waals surface area (Å²) in [6, 6.07) is 13.4. The number of hydrogen-bond donors (Lipinski definition) is 2. The second-order valence-electron chi connectivity index (χ2n) is 9.41. The monoisotopic (exact) mass is 535 g/mol. The zero-order valence-electron chi connectivity index (χ0n) is 21.0. The first kappa shape index (κ1) is 25.4. The molecule has 1 saturated heterocycles. The molecule has 37 heavy (non-hydrogen) atoms. The van der Waals surface area contributed by atoms with E-state index >= 15 is 0 Å². The van der Waals surface area contributed by atoms with Crippen LogP contribution in [0.25, 0.3) is 11.6 Å². The number of amides is 1. The van der Waals surface area contributed by atoms with E-state index in [0.717, 1.165) is 29.1 Å². The van der Waals surface area contributed by atoms with Gasteiger partial charge in [0.2, 0.25) is 5.89 Å². The summed E-state index contributed by atoms with van der Waals surface area (Å²) in [4.78, 5) is 24.8. The van der Waals surface area contributed by atoms with Gasteiger partial charge in [-0.05, 0) is 50.8 Å². The summed E-state index contributed by atoms with van der Waals surface area (Å²) in [5, 5.41) is 11.5. The summed E-state index contributed by atoms with van der Waals surface area (Å²) in [5.74, 6) is 0.986. The Labute approximate surface area is 224 Å². The van der Waals surface area contributed by atoms with E-state index in [4.69, 9.17) is 10.2 Å². The normalized spacial score (nSPS) is 17.1. The molecule has 0 aliphatic carbocycles. The number of nitrogens with one attached hydrogen (secondary N) is 1. The van der Waals surface area contributed by atoms with Gasteiger partial charge in [-0.25, -0.2) is 9.97 Å². The van der Waals surface area contributed by atoms with Gasteiger partial charge in [0.25, 0.3) is 11.8 Å². The van der Waals surface area contributed by atoms with Crippen molar-refractivity contribution in [1.82, 2.24) is 25.1 Å². The van der Waals surface area contributed by atoms with E-state index in [0.29, 0.717) is 35.9 Å². The first-order valence-corrected chi connectivity index (χ1v) is 14.2. The summed E-state index contributed by atoms with van der Waals surface area (Å²) in [6.45, 7) is 4.52. The first-order valence-electron chi connectivity index (χ1n) is 12.1. The van der Waals surface area contributed by atoms with Gasteiger partial charge in [0.15, 0.2) is 0 Å². The van der Waals surface area contributed by atoms with Crippen molar-refractivity contribution >= 4 is 35.0 Å². The Bertz CT molecular complexity index is 1390. The summed E-state index contributed by atoms with van der Waals surface area (Å²) >= 11 is 2.99. The molecule has 0 saturated carbocycles. The molecule has 1 amide bonds. The summed E-state index contributed by atoms with van der Waals surface area (Å²) in [6.07, 6.45) is 4.27. The van der Waals surface area contributed by atoms with Gasteiger partial charge < -0.3 is 19.8 Å². The van der Waals surface area contributed by atoms with Crippen molar-refractivity contribution in [2.24, 2.45) is 5.73 Å². The lowest BCUT2D eigenvalue weighted by Crippen LogP contribution is -2.35. The Kier molecular flexibility index (Phi) is 7.27. The molecule has 1 aromatic carbocycles. The maximum atomic E-state index is 13.7. The topological polar surface area (TPSA) is 123 Å². The van der Waals surface area contributed by atoms with E-state index in [1.54, 1.807) is 23.5 Å². The molecule has 0 bridgehead atoms. The largest absolute Gasteiger partial charge is 0.417 e. The number of aryl methyl sites for hydroxylation is 1. The molecule has 0 radical (unpaired) electrons. The number of carbonyl (C=O) groups is 1. The van der Waals surface area contributed by atoms with Crippen molar-refractivity contribution in [3.05, 3.63) is 75.6 Å². The van der Waals surface area contributed by atoms with Crippen LogP contribution in [0, 0.1) is 6.92 Å². The van der Waals surface area contributed by atoms with E-state index in [1.165, 1.54) is 11.9 Å². The Balaban J connectivity index is 1.44. The molecule has 4 aromatic rings. The lowest BCUT2D eigenvalue weighted by Gasteiger charge is -2.23. The number of aromatic nitrogens is 4. The predicted molar refractivity (Wildman–Crippen MR) is 146 cm³/mol. The van der Waals surface area contributed by atoms with Crippen molar-refractivity contribution in [3.8, 4) is 11.6 Å². The molecule has 2 unspecified atom stereocenters. The van der Waals surface area contributed by atoms with Crippen molar-refractivity contribution in [3.63, 3.8) is 0 Å². The van der Waals surface area contributed by atoms with Gasteiger partial charge in [-0.3, -0.25) is 4.79 Å². The highest BCUT2D eigenvalue weighted by atomic mass is 32.2. The highest BCUT2D eigenvalue weighted by Crippen LogP contribution is 2.35. The summed E-state index contributed by atoms with van der Waals surface area (Å²) in [5.41, 5.74) is 8.67. The van der Waals surface area contributed by atoms with Crippen LogP contribution < -0.4 is 10.5 Å². The fourth-order valence-corrected chi connectivity index (χ4v) is 5.79. The van der Waals surface area contributed by atoms with Crippen LogP contribution >= 0.6 is 23.3 Å². The molecule has 9 nitrogen and oxygen atoms in total. The molecule has 192 valence electrons. The first-order chi connectivity index (χ1) is 17.8. The molecule has 11 heteroatoms. The third-order valence-electron chi connectivity index (χ3n) is 6.26. The number of hydrogen-bond acceptors (Lipinski definition) is 10. The van der Waals surface area contributed by atoms with Gasteiger partial charge in [-0.2, -0.15) is 0 Å². The molecule has 1 aliphatic rings. The van der Waals surface area contributed by atoms with E-state index in [2.05, 4.69) is 24.9 Å². The molecule has 5 rings (SSSR count). The number of thiazole rings is 1. The number of anilines is 1. The molecule has 1 aliphatic heterocycles. The van der Waals surface area contributed by atoms with Crippen LogP contribution in [0.1, 0.15) is 58.3 Å². The van der Waals surface area contributed by atoms with E-state index < -0.39 is 5.54 Å². The minimum atomic E-state index is -0.866. The van der Waals surface area contributed by atoms with Crippen molar-refractivity contribution in [2.75, 3.05) is 17.5 Å². The predicted octanol–water partition coefficient (Wildman–Crippen LogP) is 4.98. The fourth-order valence-electron chi connectivity index (χ4n) is 4.53. The Morgan fingerprint density at radius 3 is 2.81 bits per heavy atom. The highest BCUT2D eigenvalue weighted by molar-refractivity contribution is 7.99. The molecule has 3 aromatic heterocycles. The van der Waals surface area contributed by atoms with E-state index in [9.17, 15) is 4.79 Å². The summed E-state index contributed by atoms with van der Waals surface area (Å²) < 4.78 is 9.15. The zero-order valence-corrected chi connectivity index (χ0v) is 22.6. The minimum Gasteiger partial charge on any atom is -0.417 e. The second-order valence-corrected chi connectivity index (χ2v) is 10.9. The number of nitrogens with two attached hydrogens (primary N) is 1. The maximum absolute atomic E-state index is 13.7. The molecule has 1 fully saturated rings. The van der Waals surface area contributed by atoms with Crippen molar-refractivity contribution < 1.29 is 9.21 Å². The van der Waals surface area contributed by atoms with Gasteiger partial charge >= 0.3 is 0 Å². The van der Waals surface area contributed by atoms with E-state index in [1.807, 2.05) is 60.7 Å². The average molecular weight is 536 g/mol. The number of rotatable bonds is 8. The number of nitrogens with zero attached hydrogens (tertiary/aromatic N) is 5. The third-order valence-corrected chi connectivity index (χ3v) is 7.74. The minimum absolute atomic E-state index is 0.0225. The molecular weight excluding hydrogens is 506 g/mol. The van der Waals surface area contributed by atoms with Crippen LogP contribution in [0.4, 0.5) is 5.82 Å². The third kappa shape index (κ3) is 5.53. The highest BCUT2D eigenvalue weighted by Gasteiger charge is 2.33. The Morgan fingerprint density at radius 1 is 1.27 bits per heavy atom. The van der Waals surface area contributed by atoms with Crippen molar-refractivity contribution in [1.29, 1.82) is 0 Å². The van der Waals surface area contributed by atoms with Crippen molar-refractivity contribution in [2.45, 2.75) is 44.7 Å². The van der Waals surface area contributed by atoms with Crippen LogP contribution in [-0.4, -0.2) is 43.8 Å². The van der Waals surface area contributed by atoms with Gasteiger partial charge in [0, 0.05) is 29.4 Å². The van der Waals surface area contributed by atoms with Gasteiger partial charge in [0.1, 0.15) is 16.5 Å². The van der Waals surface area contributed by atoms with Gasteiger partial charge in [-0.1, -0.05) is 42.3 Å². The Morgan fingerprint density at radius 2 is 2.08 bits per heavy atom. The van der Waals surface area contributed by atoms with Gasteiger partial charge in [0.05, 0.1) is 11.6 Å². The Hall–Kier alpha value is -3.28. The number of likely N-dealkylation sites (tertiary alicyclic amines) is 1. The lowest BCUT2D eigenvalue weighted by molar-refractivity contribution is 0.0735. The standard InChI is InChI=1S/C26H29N7O2S2/c1-16-15-37-23(28-16)20-10-7-11-33(20)24(34)18-12-19(29-21(13-18)32-36-3)22-30-31-25(35-22)26(2,27)14-17-8-5-4-6-9-17/h4-6,8-9,12-13,15,20H,7,10-11,14,27H2,1-3H3,(H,29,32). The SMILES string of the molecule is CSNc1cc(C(=O)N2CCCC2c2nc(C)cs2)cc(-c2nnc(C(C)(N)Cc3ccccc3)o2)n1. The van der Waals surface area contributed by atoms with Crippen LogP contribution in [0.3, 0.4) is 0 Å². The second kappa shape index (κ2) is 10.6. The van der Waals surface area contributed by atoms with Crippen LogP contribution in [-0.2, 0) is 12.0 Å². The lowest BCUT2D eigenvalue weighted by atomic mass is 9.94. The quantitative estimate of drug-likeness (QED) is 0.301. The van der Waals surface area contributed by atoms with Crippen LogP contribution in [0.2, 0.25) is 0 Å².